The molecule has 0 aromatic rings. The van der Waals surface area contributed by atoms with Gasteiger partial charge in [0.25, 0.3) is 0 Å². The first-order chi connectivity index (χ1) is 8.90. The molecule has 2 N–H and O–H groups in total. The van der Waals surface area contributed by atoms with Gasteiger partial charge in [-0.05, 0) is 64.2 Å². The number of rotatable bonds is 3. The van der Waals surface area contributed by atoms with Crippen LogP contribution >= 0.6 is 0 Å². The monoisotopic (exact) mass is 267 g/mol. The molecule has 0 bridgehead atoms. The van der Waals surface area contributed by atoms with Crippen LogP contribution in [0.5, 0.6) is 0 Å². The summed E-state index contributed by atoms with van der Waals surface area (Å²) in [6.07, 6.45) is 6.65. The van der Waals surface area contributed by atoms with Gasteiger partial charge in [0, 0.05) is 18.6 Å². The Balaban J connectivity index is 1.87. The maximum absolute atomic E-state index is 6.55. The molecule has 0 aromatic heterocycles. The summed E-state index contributed by atoms with van der Waals surface area (Å²) in [4.78, 5) is 5.02. The zero-order valence-electron chi connectivity index (χ0n) is 13.4. The first kappa shape index (κ1) is 15.3. The van der Waals surface area contributed by atoms with E-state index >= 15 is 0 Å². The van der Waals surface area contributed by atoms with Crippen LogP contribution in [0.2, 0.25) is 0 Å². The van der Waals surface area contributed by atoms with Crippen LogP contribution in [0.1, 0.15) is 46.0 Å². The highest BCUT2D eigenvalue weighted by Crippen LogP contribution is 2.37. The van der Waals surface area contributed by atoms with E-state index < -0.39 is 0 Å². The van der Waals surface area contributed by atoms with E-state index in [-0.39, 0.29) is 0 Å². The Bertz CT molecular complexity index is 280. The van der Waals surface area contributed by atoms with E-state index in [0.717, 1.165) is 5.92 Å². The quantitative estimate of drug-likeness (QED) is 0.850. The highest BCUT2D eigenvalue weighted by atomic mass is 15.2. The summed E-state index contributed by atoms with van der Waals surface area (Å²) in [6.45, 7) is 8.46. The first-order valence-electron chi connectivity index (χ1n) is 8.04. The Kier molecular flexibility index (Phi) is 4.91. The molecule has 3 nitrogen and oxygen atoms in total. The minimum atomic E-state index is 0.323. The van der Waals surface area contributed by atoms with Gasteiger partial charge in [0.1, 0.15) is 0 Å². The predicted molar refractivity (Wildman–Crippen MR) is 82.2 cm³/mol. The number of hydrogen-bond donors (Lipinski definition) is 1. The molecule has 1 heterocycles. The van der Waals surface area contributed by atoms with E-state index in [0.29, 0.717) is 17.5 Å². The van der Waals surface area contributed by atoms with Gasteiger partial charge in [-0.15, -0.1) is 0 Å². The SMILES string of the molecule is CN(C)CC1CCN(C2CCCC(C)(C)C2N)CC1. The van der Waals surface area contributed by atoms with Gasteiger partial charge >= 0.3 is 0 Å². The summed E-state index contributed by atoms with van der Waals surface area (Å²) in [5.41, 5.74) is 6.88. The number of likely N-dealkylation sites (tertiary alicyclic amines) is 1. The summed E-state index contributed by atoms with van der Waals surface area (Å²) in [6, 6.07) is 0.982. The van der Waals surface area contributed by atoms with Crippen LogP contribution in [-0.4, -0.2) is 55.6 Å². The van der Waals surface area contributed by atoms with Gasteiger partial charge in [0.05, 0.1) is 0 Å². The van der Waals surface area contributed by atoms with E-state index in [1.807, 2.05) is 0 Å². The molecule has 1 aliphatic heterocycles. The average molecular weight is 267 g/mol. The molecule has 0 spiro atoms. The summed E-state index contributed by atoms with van der Waals surface area (Å²) >= 11 is 0. The summed E-state index contributed by atoms with van der Waals surface area (Å²) in [7, 11) is 4.37. The Morgan fingerprint density at radius 3 is 2.37 bits per heavy atom. The van der Waals surface area contributed by atoms with Crippen molar-refractivity contribution in [1.29, 1.82) is 0 Å². The van der Waals surface area contributed by atoms with Gasteiger partial charge in [-0.1, -0.05) is 20.3 Å². The molecule has 2 atom stereocenters. The van der Waals surface area contributed by atoms with Crippen molar-refractivity contribution in [3.05, 3.63) is 0 Å². The maximum Gasteiger partial charge on any atom is 0.0252 e. The fourth-order valence-corrected chi connectivity index (χ4v) is 4.03. The molecule has 2 aliphatic rings. The summed E-state index contributed by atoms with van der Waals surface area (Å²) < 4.78 is 0. The van der Waals surface area contributed by atoms with E-state index in [1.54, 1.807) is 0 Å². The zero-order chi connectivity index (χ0) is 14.0. The Morgan fingerprint density at radius 1 is 1.16 bits per heavy atom. The molecule has 112 valence electrons. The largest absolute Gasteiger partial charge is 0.326 e. The minimum absolute atomic E-state index is 0.323. The van der Waals surface area contributed by atoms with E-state index in [2.05, 4.69) is 37.7 Å². The molecule has 0 aromatic carbocycles. The van der Waals surface area contributed by atoms with Gasteiger partial charge < -0.3 is 10.6 Å². The van der Waals surface area contributed by atoms with Crippen molar-refractivity contribution < 1.29 is 0 Å². The van der Waals surface area contributed by atoms with Crippen molar-refractivity contribution in [2.45, 2.75) is 58.0 Å². The van der Waals surface area contributed by atoms with Crippen LogP contribution in [-0.2, 0) is 0 Å². The van der Waals surface area contributed by atoms with Crippen molar-refractivity contribution >= 4 is 0 Å². The topological polar surface area (TPSA) is 32.5 Å². The summed E-state index contributed by atoms with van der Waals surface area (Å²) in [5.74, 6) is 0.888. The number of piperidine rings is 1. The summed E-state index contributed by atoms with van der Waals surface area (Å²) in [5, 5.41) is 0. The van der Waals surface area contributed by atoms with Crippen LogP contribution in [0, 0.1) is 11.3 Å². The van der Waals surface area contributed by atoms with E-state index in [4.69, 9.17) is 5.73 Å². The van der Waals surface area contributed by atoms with Crippen molar-refractivity contribution in [1.82, 2.24) is 9.80 Å². The molecule has 2 rings (SSSR count). The molecule has 1 saturated heterocycles. The van der Waals surface area contributed by atoms with Crippen molar-refractivity contribution in [3.63, 3.8) is 0 Å². The Morgan fingerprint density at radius 2 is 1.79 bits per heavy atom. The molecule has 1 saturated carbocycles. The molecule has 19 heavy (non-hydrogen) atoms. The standard InChI is InChI=1S/C16H33N3/c1-16(2)9-5-6-14(15(16)17)19-10-7-13(8-11-19)12-18(3)4/h13-15H,5-12,17H2,1-4H3. The second-order valence-corrected chi connectivity index (χ2v) is 7.72. The first-order valence-corrected chi connectivity index (χ1v) is 8.04. The molecular formula is C16H33N3. The number of nitrogens with zero attached hydrogens (tertiary/aromatic N) is 2. The molecule has 2 unspecified atom stereocenters. The van der Waals surface area contributed by atoms with Gasteiger partial charge in [-0.3, -0.25) is 4.90 Å². The van der Waals surface area contributed by atoms with Gasteiger partial charge in [-0.2, -0.15) is 0 Å². The highest BCUT2D eigenvalue weighted by molar-refractivity contribution is 4.97. The van der Waals surface area contributed by atoms with Crippen LogP contribution in [0.3, 0.4) is 0 Å². The third-order valence-corrected chi connectivity index (χ3v) is 5.38. The lowest BCUT2D eigenvalue weighted by atomic mass is 9.70. The Labute approximate surface area is 119 Å². The number of hydrogen-bond acceptors (Lipinski definition) is 3. The van der Waals surface area contributed by atoms with Crippen LogP contribution < -0.4 is 5.73 Å². The van der Waals surface area contributed by atoms with Crippen LogP contribution in [0.4, 0.5) is 0 Å². The van der Waals surface area contributed by atoms with Crippen LogP contribution in [0.15, 0.2) is 0 Å². The minimum Gasteiger partial charge on any atom is -0.326 e. The third-order valence-electron chi connectivity index (χ3n) is 5.38. The van der Waals surface area contributed by atoms with Gasteiger partial charge in [0.2, 0.25) is 0 Å². The fourth-order valence-electron chi connectivity index (χ4n) is 4.03. The lowest BCUT2D eigenvalue weighted by Gasteiger charge is -2.48. The van der Waals surface area contributed by atoms with Crippen molar-refractivity contribution in [3.8, 4) is 0 Å². The molecule has 0 amide bonds. The van der Waals surface area contributed by atoms with E-state index in [9.17, 15) is 0 Å². The molecule has 1 aliphatic carbocycles. The molecule has 0 radical (unpaired) electrons. The molecule has 3 heteroatoms. The number of nitrogens with two attached hydrogens (primary N) is 1. The molecular weight excluding hydrogens is 234 g/mol. The maximum atomic E-state index is 6.55. The highest BCUT2D eigenvalue weighted by Gasteiger charge is 2.39. The second-order valence-electron chi connectivity index (χ2n) is 7.72. The zero-order valence-corrected chi connectivity index (χ0v) is 13.4. The van der Waals surface area contributed by atoms with Gasteiger partial charge in [-0.25, -0.2) is 0 Å². The molecule has 2 fully saturated rings. The average Bonchev–Trinajstić information content (AvgIpc) is 2.33. The van der Waals surface area contributed by atoms with E-state index in [1.165, 1.54) is 51.7 Å². The van der Waals surface area contributed by atoms with Crippen LogP contribution in [0.25, 0.3) is 0 Å². The van der Waals surface area contributed by atoms with Crippen molar-refractivity contribution in [2.75, 3.05) is 33.7 Å². The second kappa shape index (κ2) is 6.11. The fraction of sp³-hybridized carbons (Fsp3) is 1.00. The Hall–Kier alpha value is -0.120. The lowest BCUT2D eigenvalue weighted by molar-refractivity contribution is 0.0413. The van der Waals surface area contributed by atoms with Crippen molar-refractivity contribution in [2.24, 2.45) is 17.1 Å². The van der Waals surface area contributed by atoms with Gasteiger partial charge in [0.15, 0.2) is 0 Å². The third kappa shape index (κ3) is 3.71. The normalized spacial score (nSPS) is 33.8. The lowest BCUT2D eigenvalue weighted by Crippen LogP contribution is -2.58. The predicted octanol–water partition coefficient (Wildman–Crippen LogP) is 2.17. The smallest absolute Gasteiger partial charge is 0.0252 e.